The number of fused-ring (bicyclic) bond motifs is 1. The van der Waals surface area contributed by atoms with Gasteiger partial charge in [0.1, 0.15) is 8.07 Å². The molecule has 1 unspecified atom stereocenters. The van der Waals surface area contributed by atoms with Crippen molar-refractivity contribution in [3.8, 4) is 0 Å². The first kappa shape index (κ1) is 8.92. The fourth-order valence-electron chi connectivity index (χ4n) is 2.65. The van der Waals surface area contributed by atoms with Gasteiger partial charge in [-0.15, -0.1) is 0 Å². The summed E-state index contributed by atoms with van der Waals surface area (Å²) in [6.45, 7) is 2.48. The second-order valence-electron chi connectivity index (χ2n) is 4.53. The van der Waals surface area contributed by atoms with Crippen molar-refractivity contribution < 1.29 is 0 Å². The number of benzene rings is 2. The van der Waals surface area contributed by atoms with E-state index in [1.807, 2.05) is 0 Å². The van der Waals surface area contributed by atoms with Crippen LogP contribution in [0.2, 0.25) is 6.55 Å². The molecular formula is C14H14Si. The van der Waals surface area contributed by atoms with Gasteiger partial charge in [0.25, 0.3) is 0 Å². The molecule has 0 fully saturated rings. The first-order chi connectivity index (χ1) is 7.31. The third-order valence-corrected chi connectivity index (χ3v) is 7.94. The second-order valence-corrected chi connectivity index (χ2v) is 8.67. The van der Waals surface area contributed by atoms with Gasteiger partial charge in [0, 0.05) is 0 Å². The van der Waals surface area contributed by atoms with E-state index in [9.17, 15) is 0 Å². The van der Waals surface area contributed by atoms with Crippen molar-refractivity contribution in [3.05, 3.63) is 60.2 Å². The summed E-state index contributed by atoms with van der Waals surface area (Å²) in [6.07, 6.45) is 0. The average molecular weight is 210 g/mol. The Balaban J connectivity index is 2.10. The maximum Gasteiger partial charge on any atom is 0.119 e. The molecule has 0 N–H and O–H groups in total. The van der Waals surface area contributed by atoms with Crippen LogP contribution in [0.4, 0.5) is 0 Å². The van der Waals surface area contributed by atoms with Gasteiger partial charge in [-0.25, -0.2) is 0 Å². The van der Waals surface area contributed by atoms with E-state index in [-0.39, 0.29) is 0 Å². The lowest BCUT2D eigenvalue weighted by molar-refractivity contribution is 1.28. The SMILES string of the molecule is C[Si]1(c2ccccc2)Cc2ccccc21. The molecule has 0 spiro atoms. The van der Waals surface area contributed by atoms with Crippen LogP contribution in [-0.2, 0) is 6.04 Å². The Labute approximate surface area is 91.6 Å². The molecule has 1 heteroatoms. The van der Waals surface area contributed by atoms with Gasteiger partial charge in [0.15, 0.2) is 0 Å². The monoisotopic (exact) mass is 210 g/mol. The van der Waals surface area contributed by atoms with Gasteiger partial charge < -0.3 is 0 Å². The summed E-state index contributed by atoms with van der Waals surface area (Å²) in [5, 5.41) is 3.21. The van der Waals surface area contributed by atoms with E-state index in [0.717, 1.165) is 0 Å². The van der Waals surface area contributed by atoms with Crippen molar-refractivity contribution in [2.24, 2.45) is 0 Å². The Hall–Kier alpha value is -1.34. The molecule has 0 aromatic heterocycles. The molecule has 74 valence electrons. The molecule has 0 aliphatic carbocycles. The zero-order valence-electron chi connectivity index (χ0n) is 8.90. The number of hydrogen-bond acceptors (Lipinski definition) is 0. The largest absolute Gasteiger partial charge is 0.119 e. The molecule has 1 heterocycles. The van der Waals surface area contributed by atoms with Crippen LogP contribution < -0.4 is 10.4 Å². The molecule has 0 amide bonds. The lowest BCUT2D eigenvalue weighted by Crippen LogP contribution is -2.66. The van der Waals surface area contributed by atoms with E-state index in [1.54, 1.807) is 15.9 Å². The zero-order chi connectivity index (χ0) is 10.3. The Morgan fingerprint density at radius 1 is 0.867 bits per heavy atom. The molecule has 2 aromatic carbocycles. The lowest BCUT2D eigenvalue weighted by Gasteiger charge is -2.39. The average Bonchev–Trinajstić information content (AvgIpc) is 2.29. The van der Waals surface area contributed by atoms with Gasteiger partial charge in [-0.1, -0.05) is 77.1 Å². The molecule has 2 aromatic rings. The first-order valence-electron chi connectivity index (χ1n) is 5.45. The summed E-state index contributed by atoms with van der Waals surface area (Å²) in [5.41, 5.74) is 1.57. The van der Waals surface area contributed by atoms with Crippen LogP contribution in [0, 0.1) is 0 Å². The molecule has 1 atom stereocenters. The highest BCUT2D eigenvalue weighted by atomic mass is 28.3. The summed E-state index contributed by atoms with van der Waals surface area (Å²) in [4.78, 5) is 0. The molecule has 15 heavy (non-hydrogen) atoms. The van der Waals surface area contributed by atoms with E-state index >= 15 is 0 Å². The standard InChI is InChI=1S/C14H14Si/c1-15(13-8-3-2-4-9-13)11-12-7-5-6-10-14(12)15/h2-10H,11H2,1H3. The maximum absolute atomic E-state index is 2.48. The van der Waals surface area contributed by atoms with E-state index in [4.69, 9.17) is 0 Å². The Kier molecular flexibility index (Phi) is 1.83. The molecular weight excluding hydrogens is 196 g/mol. The van der Waals surface area contributed by atoms with Gasteiger partial charge in [0.05, 0.1) is 0 Å². The minimum Gasteiger partial charge on any atom is -0.0626 e. The fourth-order valence-corrected chi connectivity index (χ4v) is 6.39. The van der Waals surface area contributed by atoms with Crippen molar-refractivity contribution in [1.29, 1.82) is 0 Å². The maximum atomic E-state index is 2.48. The summed E-state index contributed by atoms with van der Waals surface area (Å²) >= 11 is 0. The zero-order valence-corrected chi connectivity index (χ0v) is 9.90. The smallest absolute Gasteiger partial charge is 0.0626 e. The minimum atomic E-state index is -1.29. The quantitative estimate of drug-likeness (QED) is 0.631. The van der Waals surface area contributed by atoms with Crippen molar-refractivity contribution in [2.75, 3.05) is 0 Å². The van der Waals surface area contributed by atoms with Crippen LogP contribution in [0.15, 0.2) is 54.6 Å². The molecule has 0 saturated carbocycles. The van der Waals surface area contributed by atoms with Crippen LogP contribution in [0.25, 0.3) is 0 Å². The molecule has 0 saturated heterocycles. The third kappa shape index (κ3) is 1.20. The first-order valence-corrected chi connectivity index (χ1v) is 8.15. The Bertz CT molecular complexity index is 490. The van der Waals surface area contributed by atoms with Gasteiger partial charge in [-0.05, 0) is 6.04 Å². The highest BCUT2D eigenvalue weighted by Crippen LogP contribution is 2.22. The number of rotatable bonds is 1. The van der Waals surface area contributed by atoms with Crippen LogP contribution in [0.1, 0.15) is 5.56 Å². The molecule has 0 radical (unpaired) electrons. The van der Waals surface area contributed by atoms with E-state index in [2.05, 4.69) is 61.1 Å². The summed E-state index contributed by atoms with van der Waals surface area (Å²) in [7, 11) is -1.29. The van der Waals surface area contributed by atoms with Gasteiger partial charge in [-0.3, -0.25) is 0 Å². The third-order valence-electron chi connectivity index (χ3n) is 3.57. The van der Waals surface area contributed by atoms with Gasteiger partial charge in [0.2, 0.25) is 0 Å². The molecule has 3 rings (SSSR count). The van der Waals surface area contributed by atoms with Crippen molar-refractivity contribution in [2.45, 2.75) is 12.6 Å². The minimum absolute atomic E-state index is 1.29. The van der Waals surface area contributed by atoms with Crippen LogP contribution in [0.5, 0.6) is 0 Å². The highest BCUT2D eigenvalue weighted by Gasteiger charge is 2.41. The van der Waals surface area contributed by atoms with E-state index < -0.39 is 8.07 Å². The molecule has 0 bridgehead atoms. The van der Waals surface area contributed by atoms with Crippen molar-refractivity contribution in [1.82, 2.24) is 0 Å². The second kappa shape index (κ2) is 3.07. The Morgan fingerprint density at radius 3 is 2.27 bits per heavy atom. The topological polar surface area (TPSA) is 0 Å². The van der Waals surface area contributed by atoms with Crippen molar-refractivity contribution >= 4 is 18.4 Å². The molecule has 1 aliphatic rings. The lowest BCUT2D eigenvalue weighted by atomic mass is 10.2. The summed E-state index contributed by atoms with van der Waals surface area (Å²) in [5.74, 6) is 0. The highest BCUT2D eigenvalue weighted by molar-refractivity contribution is 7.04. The van der Waals surface area contributed by atoms with Crippen LogP contribution >= 0.6 is 0 Å². The molecule has 1 aliphatic heterocycles. The van der Waals surface area contributed by atoms with E-state index in [0.29, 0.717) is 0 Å². The summed E-state index contributed by atoms with van der Waals surface area (Å²) in [6, 6.07) is 21.2. The van der Waals surface area contributed by atoms with Crippen molar-refractivity contribution in [3.63, 3.8) is 0 Å². The van der Waals surface area contributed by atoms with Gasteiger partial charge >= 0.3 is 0 Å². The Morgan fingerprint density at radius 2 is 1.53 bits per heavy atom. The number of hydrogen-bond donors (Lipinski definition) is 0. The van der Waals surface area contributed by atoms with Crippen LogP contribution in [0.3, 0.4) is 0 Å². The predicted molar refractivity (Wildman–Crippen MR) is 67.5 cm³/mol. The van der Waals surface area contributed by atoms with Crippen LogP contribution in [-0.4, -0.2) is 8.07 Å². The normalized spacial score (nSPS) is 23.0. The summed E-state index contributed by atoms with van der Waals surface area (Å²) < 4.78 is 0. The van der Waals surface area contributed by atoms with Gasteiger partial charge in [-0.2, -0.15) is 0 Å². The van der Waals surface area contributed by atoms with E-state index in [1.165, 1.54) is 6.04 Å². The predicted octanol–water partition coefficient (Wildman–Crippen LogP) is 1.97. The molecule has 0 nitrogen and oxygen atoms in total. The fraction of sp³-hybridized carbons (Fsp3) is 0.143.